The van der Waals surface area contributed by atoms with Crippen LogP contribution < -0.4 is 4.74 Å². The molecular formula is C29H36O3. The molecule has 2 aromatic rings. The molecule has 0 aromatic heterocycles. The van der Waals surface area contributed by atoms with Crippen molar-refractivity contribution >= 4 is 11.5 Å². The second-order valence-corrected chi connectivity index (χ2v) is 10.6. The number of allylic oxidation sites excluding steroid dienone is 1. The third kappa shape index (κ3) is 4.22. The van der Waals surface area contributed by atoms with Crippen molar-refractivity contribution in [2.75, 3.05) is 13.7 Å². The Morgan fingerprint density at radius 3 is 2.00 bits per heavy atom. The highest BCUT2D eigenvalue weighted by Gasteiger charge is 2.38. The SMILES string of the molecule is CCCOc1cc2c(cc1C(=C1CC1)c1ccc(C(=O)OC)cc1)C(C)(C)CCC2(C)C. The van der Waals surface area contributed by atoms with Gasteiger partial charge in [0.25, 0.3) is 0 Å². The third-order valence-electron chi connectivity index (χ3n) is 7.13. The van der Waals surface area contributed by atoms with Crippen molar-refractivity contribution in [3.05, 3.63) is 69.8 Å². The molecule has 0 radical (unpaired) electrons. The van der Waals surface area contributed by atoms with E-state index in [1.807, 2.05) is 24.3 Å². The minimum Gasteiger partial charge on any atom is -0.493 e. The molecule has 0 heterocycles. The first-order valence-electron chi connectivity index (χ1n) is 11.9. The van der Waals surface area contributed by atoms with Crippen molar-refractivity contribution in [3.63, 3.8) is 0 Å². The molecule has 0 N–H and O–H groups in total. The summed E-state index contributed by atoms with van der Waals surface area (Å²) in [5.74, 6) is 0.685. The average Bonchev–Trinajstić information content (AvgIpc) is 3.61. The summed E-state index contributed by atoms with van der Waals surface area (Å²) < 4.78 is 11.2. The van der Waals surface area contributed by atoms with Crippen LogP contribution in [0.2, 0.25) is 0 Å². The zero-order valence-electron chi connectivity index (χ0n) is 20.4. The van der Waals surface area contributed by atoms with Crippen LogP contribution in [0.5, 0.6) is 5.75 Å². The number of carbonyl (C=O) groups is 1. The standard InChI is InChI=1S/C29H36O3/c1-7-16-32-25-18-24-23(28(2,3)14-15-29(24,4)5)17-22(25)26(19-8-9-19)20-10-12-21(13-11-20)27(30)31-6/h10-13,17-18H,7-9,14-16H2,1-6H3. The molecular weight excluding hydrogens is 396 g/mol. The normalized spacial score (nSPS) is 18.0. The monoisotopic (exact) mass is 432 g/mol. The number of methoxy groups -OCH3 is 1. The van der Waals surface area contributed by atoms with Crippen LogP contribution in [0.3, 0.4) is 0 Å². The maximum atomic E-state index is 11.9. The van der Waals surface area contributed by atoms with E-state index in [0.717, 1.165) is 30.6 Å². The smallest absolute Gasteiger partial charge is 0.337 e. The van der Waals surface area contributed by atoms with Crippen molar-refractivity contribution in [2.24, 2.45) is 0 Å². The average molecular weight is 433 g/mol. The third-order valence-corrected chi connectivity index (χ3v) is 7.13. The van der Waals surface area contributed by atoms with Crippen molar-refractivity contribution in [2.45, 2.75) is 77.6 Å². The summed E-state index contributed by atoms with van der Waals surface area (Å²) in [7, 11) is 1.42. The summed E-state index contributed by atoms with van der Waals surface area (Å²) >= 11 is 0. The molecule has 0 bridgehead atoms. The van der Waals surface area contributed by atoms with Gasteiger partial charge in [-0.05, 0) is 89.5 Å². The number of rotatable bonds is 6. The summed E-state index contributed by atoms with van der Waals surface area (Å²) in [4.78, 5) is 11.9. The topological polar surface area (TPSA) is 35.5 Å². The molecule has 2 aromatic carbocycles. The number of esters is 1. The number of ether oxygens (including phenoxy) is 2. The van der Waals surface area contributed by atoms with Gasteiger partial charge < -0.3 is 9.47 Å². The number of hydrogen-bond donors (Lipinski definition) is 0. The lowest BCUT2D eigenvalue weighted by Crippen LogP contribution is -2.34. The Bertz CT molecular complexity index is 1050. The second-order valence-electron chi connectivity index (χ2n) is 10.6. The van der Waals surface area contributed by atoms with Crippen LogP contribution in [-0.4, -0.2) is 19.7 Å². The van der Waals surface area contributed by atoms with Gasteiger partial charge >= 0.3 is 5.97 Å². The lowest BCUT2D eigenvalue weighted by Gasteiger charge is -2.42. The second kappa shape index (κ2) is 8.42. The van der Waals surface area contributed by atoms with Gasteiger partial charge in [0, 0.05) is 5.56 Å². The van der Waals surface area contributed by atoms with Gasteiger partial charge in [0.05, 0.1) is 19.3 Å². The van der Waals surface area contributed by atoms with Crippen molar-refractivity contribution in [1.29, 1.82) is 0 Å². The Hall–Kier alpha value is -2.55. The highest BCUT2D eigenvalue weighted by Crippen LogP contribution is 2.50. The minimum atomic E-state index is -0.304. The molecule has 1 fully saturated rings. The highest BCUT2D eigenvalue weighted by atomic mass is 16.5. The number of benzene rings is 2. The van der Waals surface area contributed by atoms with E-state index in [1.165, 1.54) is 47.8 Å². The van der Waals surface area contributed by atoms with Gasteiger partial charge in [-0.1, -0.05) is 52.3 Å². The Labute approximate surface area is 192 Å². The van der Waals surface area contributed by atoms with Gasteiger partial charge in [-0.15, -0.1) is 0 Å². The molecule has 170 valence electrons. The predicted octanol–water partition coefficient (Wildman–Crippen LogP) is 7.21. The van der Waals surface area contributed by atoms with Crippen LogP contribution in [0.15, 0.2) is 42.0 Å². The molecule has 0 atom stereocenters. The number of fused-ring (bicyclic) bond motifs is 1. The largest absolute Gasteiger partial charge is 0.493 e. The molecule has 3 heteroatoms. The Morgan fingerprint density at radius 1 is 0.906 bits per heavy atom. The fourth-order valence-electron chi connectivity index (χ4n) is 4.87. The summed E-state index contributed by atoms with van der Waals surface area (Å²) in [5.41, 5.74) is 8.79. The van der Waals surface area contributed by atoms with Crippen molar-refractivity contribution in [1.82, 2.24) is 0 Å². The van der Waals surface area contributed by atoms with E-state index < -0.39 is 0 Å². The van der Waals surface area contributed by atoms with Gasteiger partial charge in [0.2, 0.25) is 0 Å². The minimum absolute atomic E-state index is 0.136. The molecule has 0 saturated heterocycles. The lowest BCUT2D eigenvalue weighted by atomic mass is 9.62. The Kier molecular flexibility index (Phi) is 5.96. The van der Waals surface area contributed by atoms with Gasteiger partial charge in [0.15, 0.2) is 0 Å². The predicted molar refractivity (Wildman–Crippen MR) is 131 cm³/mol. The first-order valence-corrected chi connectivity index (χ1v) is 11.9. The fourth-order valence-corrected chi connectivity index (χ4v) is 4.87. The maximum Gasteiger partial charge on any atom is 0.337 e. The summed E-state index contributed by atoms with van der Waals surface area (Å²) in [6.07, 6.45) is 5.58. The molecule has 4 rings (SSSR count). The number of hydrogen-bond acceptors (Lipinski definition) is 3. The van der Waals surface area contributed by atoms with E-state index in [-0.39, 0.29) is 16.8 Å². The van der Waals surface area contributed by atoms with E-state index in [4.69, 9.17) is 9.47 Å². The van der Waals surface area contributed by atoms with Crippen LogP contribution in [0, 0.1) is 0 Å². The van der Waals surface area contributed by atoms with Crippen LogP contribution in [0.1, 0.15) is 99.3 Å². The quantitative estimate of drug-likeness (QED) is 0.453. The summed E-state index contributed by atoms with van der Waals surface area (Å²) in [6.45, 7) is 12.3. The van der Waals surface area contributed by atoms with E-state index in [2.05, 4.69) is 46.8 Å². The van der Waals surface area contributed by atoms with Crippen LogP contribution in [-0.2, 0) is 15.6 Å². The molecule has 0 spiro atoms. The van der Waals surface area contributed by atoms with Crippen molar-refractivity contribution < 1.29 is 14.3 Å². The van der Waals surface area contributed by atoms with Crippen molar-refractivity contribution in [3.8, 4) is 5.75 Å². The first-order chi connectivity index (χ1) is 15.2. The van der Waals surface area contributed by atoms with E-state index in [9.17, 15) is 4.79 Å². The summed E-state index contributed by atoms with van der Waals surface area (Å²) in [6, 6.07) is 12.6. The molecule has 0 amide bonds. The molecule has 0 unspecified atom stereocenters. The van der Waals surface area contributed by atoms with Crippen LogP contribution in [0.4, 0.5) is 0 Å². The van der Waals surface area contributed by atoms with Crippen LogP contribution in [0.25, 0.3) is 5.57 Å². The zero-order valence-corrected chi connectivity index (χ0v) is 20.4. The molecule has 2 aliphatic rings. The number of carbonyl (C=O) groups excluding carboxylic acids is 1. The Morgan fingerprint density at radius 2 is 1.47 bits per heavy atom. The summed E-state index contributed by atoms with van der Waals surface area (Å²) in [5, 5.41) is 0. The molecule has 3 nitrogen and oxygen atoms in total. The van der Waals surface area contributed by atoms with Gasteiger partial charge in [-0.3, -0.25) is 0 Å². The van der Waals surface area contributed by atoms with Gasteiger partial charge in [-0.25, -0.2) is 4.79 Å². The highest BCUT2D eigenvalue weighted by molar-refractivity contribution is 5.92. The fraction of sp³-hybridized carbons (Fsp3) is 0.483. The maximum absolute atomic E-state index is 11.9. The van der Waals surface area contributed by atoms with E-state index in [1.54, 1.807) is 0 Å². The molecule has 1 saturated carbocycles. The molecule has 0 aliphatic heterocycles. The lowest BCUT2D eigenvalue weighted by molar-refractivity contribution is 0.0600. The van der Waals surface area contributed by atoms with E-state index >= 15 is 0 Å². The molecule has 2 aliphatic carbocycles. The van der Waals surface area contributed by atoms with Gasteiger partial charge in [0.1, 0.15) is 5.75 Å². The first kappa shape index (κ1) is 22.6. The van der Waals surface area contributed by atoms with Crippen LogP contribution >= 0.6 is 0 Å². The molecule has 32 heavy (non-hydrogen) atoms. The van der Waals surface area contributed by atoms with E-state index in [0.29, 0.717) is 12.2 Å². The Balaban J connectivity index is 1.89. The van der Waals surface area contributed by atoms with Gasteiger partial charge in [-0.2, -0.15) is 0 Å². The zero-order chi connectivity index (χ0) is 23.1.